The number of pyridine rings is 1. The Morgan fingerprint density at radius 3 is 2.84 bits per heavy atom. The number of rotatable bonds is 5. The Morgan fingerprint density at radius 2 is 2.00 bits per heavy atom. The molecule has 0 bridgehead atoms. The van der Waals surface area contributed by atoms with Gasteiger partial charge in [-0.25, -0.2) is 4.98 Å². The lowest BCUT2D eigenvalue weighted by Gasteiger charge is -2.32. The number of nitrogens with one attached hydrogen (secondary N) is 1. The van der Waals surface area contributed by atoms with Gasteiger partial charge in [-0.3, -0.25) is 0 Å². The first-order valence-corrected chi connectivity index (χ1v) is 9.23. The molecule has 25 heavy (non-hydrogen) atoms. The molecule has 2 unspecified atom stereocenters. The molecule has 3 heterocycles. The molecular formula is C20H25ClN4. The molecule has 1 aromatic carbocycles. The Balaban J connectivity index is 1.46. The van der Waals surface area contributed by atoms with Crippen molar-refractivity contribution in [3.05, 3.63) is 41.0 Å². The largest absolute Gasteiger partial charge is 0.339 e. The second-order valence-corrected chi connectivity index (χ2v) is 7.22. The molecule has 1 aliphatic heterocycles. The maximum Gasteiger partial charge on any atom is 0.138 e. The molecule has 1 saturated heterocycles. The number of piperazine rings is 1. The predicted octanol–water partition coefficient (Wildman–Crippen LogP) is 3.94. The zero-order chi connectivity index (χ0) is 19.0. The standard InChI is InChI=1S/C20H25ClN4/c1-24-8-10-25(11-9-24)7-3-2-4-15-5-6-19-17(12-15)18-13-16(21)14-22-20(18)23-19/h5-6,12-14H,2-4,7-11H2,1H3,(H,22,23)/i4D,7D. The zero-order valence-electron chi connectivity index (χ0n) is 16.5. The van der Waals surface area contributed by atoms with Crippen molar-refractivity contribution >= 4 is 33.5 Å². The van der Waals surface area contributed by atoms with E-state index in [4.69, 9.17) is 14.3 Å². The third-order valence-electron chi connectivity index (χ3n) is 4.91. The van der Waals surface area contributed by atoms with Crippen LogP contribution < -0.4 is 0 Å². The number of aromatic amines is 1. The first kappa shape index (κ1) is 14.5. The van der Waals surface area contributed by atoms with E-state index < -0.39 is 0 Å². The average Bonchev–Trinajstić information content (AvgIpc) is 3.03. The monoisotopic (exact) mass is 358 g/mol. The molecule has 132 valence electrons. The molecule has 0 saturated carbocycles. The van der Waals surface area contributed by atoms with Gasteiger partial charge in [0.1, 0.15) is 5.65 Å². The Morgan fingerprint density at radius 1 is 1.16 bits per heavy atom. The van der Waals surface area contributed by atoms with Crippen molar-refractivity contribution < 1.29 is 2.74 Å². The Kier molecular flexibility index (Phi) is 4.26. The topological polar surface area (TPSA) is 35.2 Å². The van der Waals surface area contributed by atoms with E-state index in [0.29, 0.717) is 11.4 Å². The van der Waals surface area contributed by atoms with Crippen LogP contribution in [0.15, 0.2) is 30.5 Å². The summed E-state index contributed by atoms with van der Waals surface area (Å²) >= 11 is 6.10. The average molecular weight is 359 g/mol. The summed E-state index contributed by atoms with van der Waals surface area (Å²) in [6.07, 6.45) is 2.72. The predicted molar refractivity (Wildman–Crippen MR) is 105 cm³/mol. The fourth-order valence-corrected chi connectivity index (χ4v) is 3.56. The van der Waals surface area contributed by atoms with Crippen molar-refractivity contribution in [2.24, 2.45) is 0 Å². The van der Waals surface area contributed by atoms with Gasteiger partial charge in [0.15, 0.2) is 0 Å². The highest BCUT2D eigenvalue weighted by atomic mass is 35.5. The number of fused-ring (bicyclic) bond motifs is 3. The van der Waals surface area contributed by atoms with E-state index >= 15 is 0 Å². The highest BCUT2D eigenvalue weighted by molar-refractivity contribution is 6.31. The van der Waals surface area contributed by atoms with Gasteiger partial charge in [-0.05, 0) is 56.6 Å². The molecule has 1 N–H and O–H groups in total. The molecule has 4 rings (SSSR count). The second kappa shape index (κ2) is 7.32. The zero-order valence-corrected chi connectivity index (χ0v) is 15.3. The summed E-state index contributed by atoms with van der Waals surface area (Å²) in [5.74, 6) is 0. The third kappa shape index (κ3) is 3.81. The van der Waals surface area contributed by atoms with Gasteiger partial charge < -0.3 is 14.8 Å². The number of hydrogen-bond donors (Lipinski definition) is 1. The molecule has 2 aromatic heterocycles. The van der Waals surface area contributed by atoms with Crippen LogP contribution in [0.25, 0.3) is 21.9 Å². The van der Waals surface area contributed by atoms with Gasteiger partial charge in [-0.1, -0.05) is 17.7 Å². The molecule has 1 aliphatic rings. The maximum absolute atomic E-state index is 8.57. The second-order valence-electron chi connectivity index (χ2n) is 6.78. The van der Waals surface area contributed by atoms with Crippen LogP contribution in [0.5, 0.6) is 0 Å². The van der Waals surface area contributed by atoms with Crippen molar-refractivity contribution in [3.8, 4) is 0 Å². The summed E-state index contributed by atoms with van der Waals surface area (Å²) < 4.78 is 17.0. The maximum atomic E-state index is 8.57. The van der Waals surface area contributed by atoms with Crippen LogP contribution >= 0.6 is 11.6 Å². The lowest BCUT2D eigenvalue weighted by molar-refractivity contribution is 0.152. The lowest BCUT2D eigenvalue weighted by Crippen LogP contribution is -2.44. The normalized spacial score (nSPS) is 20.6. The molecule has 0 spiro atoms. The van der Waals surface area contributed by atoms with Gasteiger partial charge in [0.25, 0.3) is 0 Å². The number of aromatic nitrogens is 2. The summed E-state index contributed by atoms with van der Waals surface area (Å²) in [7, 11) is 2.12. The summed E-state index contributed by atoms with van der Waals surface area (Å²) in [4.78, 5) is 12.2. The van der Waals surface area contributed by atoms with Crippen LogP contribution in [0.3, 0.4) is 0 Å². The van der Waals surface area contributed by atoms with Crippen LogP contribution in [0, 0.1) is 0 Å². The highest BCUT2D eigenvalue weighted by Gasteiger charge is 2.13. The van der Waals surface area contributed by atoms with E-state index in [2.05, 4.69) is 32.9 Å². The molecule has 0 aliphatic carbocycles. The molecule has 2 atom stereocenters. The first-order valence-electron chi connectivity index (χ1n) is 10.0. The summed E-state index contributed by atoms with van der Waals surface area (Å²) in [5.41, 5.74) is 2.80. The quantitative estimate of drug-likeness (QED) is 0.750. The highest BCUT2D eigenvalue weighted by Crippen LogP contribution is 2.27. The SMILES string of the molecule is [2H]C(CCC([2H])N1CCN(C)CC1)c1ccc2[nH]c3ncc(Cl)cc3c2c1. The molecule has 0 radical (unpaired) electrons. The number of halogens is 1. The number of nitrogens with zero attached hydrogens (tertiary/aromatic N) is 3. The fraction of sp³-hybridized carbons (Fsp3) is 0.450. The Hall–Kier alpha value is -1.62. The van der Waals surface area contributed by atoms with E-state index in [1.807, 2.05) is 18.2 Å². The number of benzene rings is 1. The Labute approximate surface area is 156 Å². The van der Waals surface area contributed by atoms with Gasteiger partial charge in [0.2, 0.25) is 0 Å². The van der Waals surface area contributed by atoms with Crippen molar-refractivity contribution in [3.63, 3.8) is 0 Å². The smallest absolute Gasteiger partial charge is 0.138 e. The van der Waals surface area contributed by atoms with Gasteiger partial charge in [0.05, 0.1) is 5.02 Å². The van der Waals surface area contributed by atoms with E-state index in [0.717, 1.165) is 60.1 Å². The van der Waals surface area contributed by atoms with E-state index in [-0.39, 0.29) is 12.9 Å². The molecule has 4 nitrogen and oxygen atoms in total. The Bertz CT molecular complexity index is 936. The number of aryl methyl sites for hydroxylation is 1. The van der Waals surface area contributed by atoms with Crippen LogP contribution in [0.2, 0.25) is 5.02 Å². The first-order chi connectivity index (χ1) is 13.0. The number of likely N-dealkylation sites (N-methyl/N-ethyl adjacent to an activating group) is 1. The van der Waals surface area contributed by atoms with Gasteiger partial charge in [-0.15, -0.1) is 0 Å². The lowest BCUT2D eigenvalue weighted by atomic mass is 10.0. The van der Waals surface area contributed by atoms with Crippen LogP contribution in [0.4, 0.5) is 0 Å². The summed E-state index contributed by atoms with van der Waals surface area (Å²) in [6, 6.07) is 8.00. The van der Waals surface area contributed by atoms with Crippen LogP contribution in [-0.2, 0) is 6.40 Å². The number of hydrogen-bond acceptors (Lipinski definition) is 3. The number of H-pyrrole nitrogens is 1. The molecule has 0 amide bonds. The molecule has 3 aromatic rings. The van der Waals surface area contributed by atoms with Crippen LogP contribution in [-0.4, -0.2) is 59.5 Å². The molecule has 5 heteroatoms. The van der Waals surface area contributed by atoms with E-state index in [9.17, 15) is 0 Å². The fourth-order valence-electron chi connectivity index (χ4n) is 3.40. The third-order valence-corrected chi connectivity index (χ3v) is 5.12. The minimum absolute atomic E-state index is 0.216. The van der Waals surface area contributed by atoms with Gasteiger partial charge >= 0.3 is 0 Å². The summed E-state index contributed by atoms with van der Waals surface area (Å²) in [6.45, 7) is 3.72. The van der Waals surface area contributed by atoms with E-state index in [1.54, 1.807) is 6.20 Å². The van der Waals surface area contributed by atoms with Gasteiger partial charge in [-0.2, -0.15) is 0 Å². The minimum atomic E-state index is -0.327. The molecule has 1 fully saturated rings. The summed E-state index contributed by atoms with van der Waals surface area (Å²) in [5, 5.41) is 2.65. The van der Waals surface area contributed by atoms with E-state index in [1.165, 1.54) is 0 Å². The molecular weight excluding hydrogens is 332 g/mol. The minimum Gasteiger partial charge on any atom is -0.339 e. The van der Waals surface area contributed by atoms with Crippen molar-refractivity contribution in [1.29, 1.82) is 0 Å². The van der Waals surface area contributed by atoms with Crippen molar-refractivity contribution in [2.75, 3.05) is 39.7 Å². The van der Waals surface area contributed by atoms with Crippen molar-refractivity contribution in [1.82, 2.24) is 19.8 Å². The van der Waals surface area contributed by atoms with Crippen LogP contribution in [0.1, 0.15) is 21.1 Å². The van der Waals surface area contributed by atoms with Gasteiger partial charge in [0, 0.05) is 51.4 Å². The van der Waals surface area contributed by atoms with Crippen molar-refractivity contribution in [2.45, 2.75) is 19.2 Å².